The molecule has 0 unspecified atom stereocenters. The van der Waals surface area contributed by atoms with Crippen molar-refractivity contribution in [2.45, 2.75) is 0 Å². The molecule has 172 valence electrons. The van der Waals surface area contributed by atoms with Gasteiger partial charge in [0, 0.05) is 40.4 Å². The van der Waals surface area contributed by atoms with Crippen LogP contribution in [-0.4, -0.2) is 10.9 Å². The van der Waals surface area contributed by atoms with Gasteiger partial charge >= 0.3 is 17.1 Å². The van der Waals surface area contributed by atoms with Crippen molar-refractivity contribution in [1.29, 1.82) is 0 Å². The van der Waals surface area contributed by atoms with Gasteiger partial charge < -0.3 is 15.8 Å². The summed E-state index contributed by atoms with van der Waals surface area (Å²) in [4.78, 5) is 17.1. The van der Waals surface area contributed by atoms with Crippen LogP contribution in [0.4, 0.5) is 11.4 Å². The maximum atomic E-state index is 12.7. The van der Waals surface area contributed by atoms with Crippen LogP contribution in [0.25, 0.3) is 16.2 Å². The minimum atomic E-state index is -0.338. The van der Waals surface area contributed by atoms with E-state index in [-0.39, 0.29) is 40.0 Å². The molecule has 34 heavy (non-hydrogen) atoms. The zero-order valence-electron chi connectivity index (χ0n) is 17.9. The van der Waals surface area contributed by atoms with Gasteiger partial charge in [-0.2, -0.15) is 0 Å². The smallest absolute Gasteiger partial charge is 0.625 e. The quantitative estimate of drug-likeness (QED) is 0.280. The number of para-hydroxylation sites is 1. The van der Waals surface area contributed by atoms with Gasteiger partial charge in [0.25, 0.3) is 0 Å². The minimum absolute atomic E-state index is 0. The van der Waals surface area contributed by atoms with Gasteiger partial charge in [0.05, 0.1) is 17.3 Å². The molecule has 2 N–H and O–H groups in total. The third kappa shape index (κ3) is 7.62. The Balaban J connectivity index is 0.000000520. The van der Waals surface area contributed by atoms with Crippen molar-refractivity contribution in [3.8, 4) is 11.8 Å². The number of benzene rings is 2. The number of nitrogen functional groups attached to an aromatic ring is 1. The largest absolute Gasteiger partial charge is 1.00 e. The van der Waals surface area contributed by atoms with E-state index in [9.17, 15) is 4.79 Å². The van der Waals surface area contributed by atoms with E-state index in [1.807, 2.05) is 74.9 Å². The Morgan fingerprint density at radius 3 is 2.29 bits per heavy atom. The van der Waals surface area contributed by atoms with Gasteiger partial charge in [0.2, 0.25) is 0 Å². The van der Waals surface area contributed by atoms with E-state index in [1.54, 1.807) is 37.2 Å². The summed E-state index contributed by atoms with van der Waals surface area (Å²) in [6, 6.07) is 16.7. The normalized spacial score (nSPS) is 15.2. The van der Waals surface area contributed by atoms with E-state index in [4.69, 9.17) is 5.73 Å². The number of nitrogens with zero attached hydrogens (tertiary/aromatic N) is 2. The molecule has 5 rings (SSSR count). The Morgan fingerprint density at radius 1 is 0.853 bits per heavy atom. The fraction of sp³-hybridized carbons (Fsp3) is 0. The molecule has 2 fully saturated rings. The first-order valence-electron chi connectivity index (χ1n) is 10.1. The van der Waals surface area contributed by atoms with Crippen LogP contribution in [-0.2, 0) is 38.9 Å². The predicted octanol–water partition coefficient (Wildman–Crippen LogP) is 5.19. The first-order valence-corrected chi connectivity index (χ1v) is 10.1. The Morgan fingerprint density at radius 2 is 1.56 bits per heavy atom. The number of aromatic nitrogens is 1. The van der Waals surface area contributed by atoms with Gasteiger partial charge in [0.1, 0.15) is 0 Å². The maximum absolute atomic E-state index is 12.7. The average molecular weight is 534 g/mol. The molecule has 0 saturated heterocycles. The summed E-state index contributed by atoms with van der Waals surface area (Å²) < 4.78 is 0. The molecule has 1 amide bonds. The van der Waals surface area contributed by atoms with Crippen LogP contribution in [0.15, 0.2) is 60.8 Å². The first kappa shape index (κ1) is 28.0. The molecule has 0 bridgehead atoms. The number of carbonyl (C=O) groups excluding carboxylic acids is 1. The fourth-order valence-corrected chi connectivity index (χ4v) is 3.14. The van der Waals surface area contributed by atoms with Crippen molar-refractivity contribution in [3.05, 3.63) is 135 Å². The maximum Gasteiger partial charge on any atom is 1.00 e. The Hall–Kier alpha value is -2.28. The third-order valence-corrected chi connectivity index (χ3v) is 4.66. The van der Waals surface area contributed by atoms with Crippen LogP contribution in [0.1, 0.15) is 5.56 Å². The fourth-order valence-electron chi connectivity index (χ4n) is 3.14. The molecule has 2 saturated carbocycles. The molecule has 4 nitrogen and oxygen atoms in total. The Bertz CT molecular complexity index is 1120. The Kier molecular flexibility index (Phi) is 11.7. The van der Waals surface area contributed by atoms with E-state index in [0.717, 1.165) is 10.9 Å². The molecule has 0 atom stereocenters. The third-order valence-electron chi connectivity index (χ3n) is 4.66. The molecule has 2 aliphatic rings. The molecule has 3 aromatic rings. The monoisotopic (exact) mass is 533 g/mol. The zero-order chi connectivity index (χ0) is 22.2. The van der Waals surface area contributed by atoms with Crippen molar-refractivity contribution >= 4 is 28.2 Å². The minimum Gasteiger partial charge on any atom is -0.625 e. The van der Waals surface area contributed by atoms with E-state index >= 15 is 0 Å². The number of rotatable bonds is 2. The summed E-state index contributed by atoms with van der Waals surface area (Å²) in [5.41, 5.74) is 8.47. The number of pyridine rings is 1. The number of fused-ring (bicyclic) bond motifs is 1. The summed E-state index contributed by atoms with van der Waals surface area (Å²) in [5, 5.41) is 5.21. The SMILES string of the molecule is Nc1cccc(C#C[C]2[CH][CH][CH][C]2C(=O)[N-]c2cccc3cccnc23)c1.[CH]1[CH][CH][CH][CH]1.[Cu+].[Fe]. The van der Waals surface area contributed by atoms with Gasteiger partial charge in [-0.3, -0.25) is 4.98 Å². The molecule has 6 heteroatoms. The van der Waals surface area contributed by atoms with E-state index in [2.05, 4.69) is 22.1 Å². The summed E-state index contributed by atoms with van der Waals surface area (Å²) >= 11 is 0. The first-order chi connectivity index (χ1) is 15.7. The van der Waals surface area contributed by atoms with E-state index in [1.165, 1.54) is 0 Å². The Labute approximate surface area is 223 Å². The van der Waals surface area contributed by atoms with Crippen LogP contribution in [0.3, 0.4) is 0 Å². The zero-order valence-corrected chi connectivity index (χ0v) is 20.0. The molecule has 0 spiro atoms. The number of amides is 1. The van der Waals surface area contributed by atoms with Gasteiger partial charge in [-0.1, -0.05) is 42.2 Å². The van der Waals surface area contributed by atoms with Gasteiger partial charge in [0.15, 0.2) is 0 Å². The summed E-state index contributed by atoms with van der Waals surface area (Å²) in [5.74, 6) is 6.85. The molecule has 2 aromatic carbocycles. The molecule has 0 aliphatic heterocycles. The van der Waals surface area contributed by atoms with Gasteiger partial charge in [-0.05, 0) is 81.0 Å². The van der Waals surface area contributed by atoms with Crippen LogP contribution in [0, 0.1) is 75.0 Å². The van der Waals surface area contributed by atoms with E-state index in [0.29, 0.717) is 28.7 Å². The van der Waals surface area contributed by atoms with Crippen molar-refractivity contribution < 1.29 is 38.9 Å². The van der Waals surface area contributed by atoms with Gasteiger partial charge in [-0.15, -0.1) is 5.69 Å². The number of anilines is 1. The van der Waals surface area contributed by atoms with Crippen LogP contribution < -0.4 is 5.73 Å². The second-order valence-corrected chi connectivity index (χ2v) is 6.96. The summed E-state index contributed by atoms with van der Waals surface area (Å²) in [7, 11) is 0. The number of nitrogens with two attached hydrogens (primary N) is 1. The van der Waals surface area contributed by atoms with E-state index < -0.39 is 0 Å². The summed E-state index contributed by atoms with van der Waals surface area (Å²) in [6.45, 7) is 0. The molecular formula is C28H20CuFeN3O. The van der Waals surface area contributed by atoms with Crippen LogP contribution in [0.5, 0.6) is 0 Å². The van der Waals surface area contributed by atoms with Gasteiger partial charge in [-0.25, -0.2) is 0 Å². The molecule has 1 heterocycles. The molecule has 1 aromatic heterocycles. The van der Waals surface area contributed by atoms with Crippen molar-refractivity contribution in [2.75, 3.05) is 5.73 Å². The standard InChI is InChI=1S/C23H16N3O.C5H5.Cu.Fe/c24-19-9-1-5-16(15-19)12-13-17-6-2-10-20(17)23(27)26-21-11-3-7-18-8-4-14-25-22(18)21;1-2-4-5-3-1;;/h1-11,14-15H,24H2,(H,26,27);1-5H;;/q;;+1;/p-1. The molecular weight excluding hydrogens is 514 g/mol. The summed E-state index contributed by atoms with van der Waals surface area (Å²) in [6.07, 6.45) is 17.0. The molecule has 10 radical (unpaired) electrons. The second kappa shape index (κ2) is 14.2. The van der Waals surface area contributed by atoms with Crippen LogP contribution >= 0.6 is 0 Å². The van der Waals surface area contributed by atoms with Crippen molar-refractivity contribution in [3.63, 3.8) is 0 Å². The molecule has 2 aliphatic carbocycles. The topological polar surface area (TPSA) is 70.1 Å². The van der Waals surface area contributed by atoms with Crippen molar-refractivity contribution in [2.24, 2.45) is 0 Å². The van der Waals surface area contributed by atoms with Crippen LogP contribution in [0.2, 0.25) is 0 Å². The average Bonchev–Trinajstić information content (AvgIpc) is 3.53. The number of hydrogen-bond acceptors (Lipinski definition) is 3. The number of hydrogen-bond donors (Lipinski definition) is 1. The number of carbonyl (C=O) groups is 1. The predicted molar refractivity (Wildman–Crippen MR) is 128 cm³/mol. The van der Waals surface area contributed by atoms with Crippen molar-refractivity contribution in [1.82, 2.24) is 4.98 Å². The second-order valence-electron chi connectivity index (χ2n) is 6.96.